The largest absolute Gasteiger partial charge is 0.496 e. The lowest BCUT2D eigenvalue weighted by molar-refractivity contribution is 0.362. The monoisotopic (exact) mass is 259 g/mol. The van der Waals surface area contributed by atoms with Crippen LogP contribution in [-0.2, 0) is 0 Å². The van der Waals surface area contributed by atoms with E-state index in [2.05, 4.69) is 10.3 Å². The van der Waals surface area contributed by atoms with Crippen molar-refractivity contribution in [1.29, 1.82) is 0 Å². The van der Waals surface area contributed by atoms with Gasteiger partial charge in [-0.2, -0.15) is 0 Å². The summed E-state index contributed by atoms with van der Waals surface area (Å²) in [6.07, 6.45) is 3.75. The standard InChI is InChI=1S/C14H17N3O2/c1-19-12-6-2-5-11-13(12)14(18)17(9-16-11)10-4-3-7-15-8-10/h2,5-6,9-10,15H,3-4,7-8H2,1H3. The van der Waals surface area contributed by atoms with Crippen LogP contribution in [0.2, 0.25) is 0 Å². The van der Waals surface area contributed by atoms with Gasteiger partial charge in [-0.15, -0.1) is 0 Å². The highest BCUT2D eigenvalue weighted by Crippen LogP contribution is 2.21. The van der Waals surface area contributed by atoms with Crippen molar-refractivity contribution in [2.45, 2.75) is 18.9 Å². The highest BCUT2D eigenvalue weighted by Gasteiger charge is 2.18. The normalized spacial score (nSPS) is 19.5. The molecule has 1 aromatic heterocycles. The number of hydrogen-bond donors (Lipinski definition) is 1. The fourth-order valence-corrected chi connectivity index (χ4v) is 2.65. The van der Waals surface area contributed by atoms with E-state index < -0.39 is 0 Å². The molecule has 1 atom stereocenters. The molecule has 2 aromatic rings. The number of aromatic nitrogens is 2. The number of fused-ring (bicyclic) bond motifs is 1. The predicted molar refractivity (Wildman–Crippen MR) is 73.7 cm³/mol. The molecule has 1 N–H and O–H groups in total. The van der Waals surface area contributed by atoms with Crippen molar-refractivity contribution < 1.29 is 4.74 Å². The van der Waals surface area contributed by atoms with Crippen molar-refractivity contribution >= 4 is 10.9 Å². The van der Waals surface area contributed by atoms with Gasteiger partial charge in [-0.05, 0) is 31.5 Å². The molecule has 2 heterocycles. The Balaban J connectivity index is 2.16. The first kappa shape index (κ1) is 12.2. The van der Waals surface area contributed by atoms with Crippen LogP contribution in [0.3, 0.4) is 0 Å². The van der Waals surface area contributed by atoms with Gasteiger partial charge in [-0.3, -0.25) is 9.36 Å². The third-order valence-electron chi connectivity index (χ3n) is 3.66. The van der Waals surface area contributed by atoms with Gasteiger partial charge in [0.05, 0.1) is 25.0 Å². The van der Waals surface area contributed by atoms with Crippen molar-refractivity contribution in [3.05, 3.63) is 34.9 Å². The molecule has 0 saturated carbocycles. The van der Waals surface area contributed by atoms with Gasteiger partial charge in [-0.25, -0.2) is 4.98 Å². The molecule has 0 radical (unpaired) electrons. The third kappa shape index (κ3) is 2.10. The molecule has 0 amide bonds. The minimum Gasteiger partial charge on any atom is -0.496 e. The lowest BCUT2D eigenvalue weighted by Crippen LogP contribution is -2.36. The quantitative estimate of drug-likeness (QED) is 0.884. The number of hydrogen-bond acceptors (Lipinski definition) is 4. The smallest absolute Gasteiger partial charge is 0.265 e. The molecule has 3 rings (SSSR count). The summed E-state index contributed by atoms with van der Waals surface area (Å²) in [6.45, 7) is 1.85. The van der Waals surface area contributed by atoms with E-state index in [4.69, 9.17) is 4.74 Å². The first-order valence-electron chi connectivity index (χ1n) is 6.56. The fraction of sp³-hybridized carbons (Fsp3) is 0.429. The average molecular weight is 259 g/mol. The molecule has 1 aliphatic heterocycles. The average Bonchev–Trinajstić information content (AvgIpc) is 2.48. The molecule has 1 unspecified atom stereocenters. The van der Waals surface area contributed by atoms with Gasteiger partial charge in [0.15, 0.2) is 0 Å². The number of piperidine rings is 1. The Bertz CT molecular complexity index is 645. The van der Waals surface area contributed by atoms with Crippen LogP contribution in [0, 0.1) is 0 Å². The summed E-state index contributed by atoms with van der Waals surface area (Å²) < 4.78 is 7.01. The zero-order valence-corrected chi connectivity index (χ0v) is 10.9. The number of methoxy groups -OCH3 is 1. The molecule has 1 fully saturated rings. The van der Waals surface area contributed by atoms with Crippen LogP contribution in [0.4, 0.5) is 0 Å². The van der Waals surface area contributed by atoms with E-state index in [1.165, 1.54) is 0 Å². The number of nitrogens with zero attached hydrogens (tertiary/aromatic N) is 2. The Kier molecular flexibility index (Phi) is 3.21. The van der Waals surface area contributed by atoms with Gasteiger partial charge in [0.25, 0.3) is 5.56 Å². The summed E-state index contributed by atoms with van der Waals surface area (Å²) >= 11 is 0. The first-order valence-corrected chi connectivity index (χ1v) is 6.56. The molecule has 5 nitrogen and oxygen atoms in total. The topological polar surface area (TPSA) is 56.1 Å². The Hall–Kier alpha value is -1.88. The Morgan fingerprint density at radius 2 is 2.37 bits per heavy atom. The van der Waals surface area contributed by atoms with Gasteiger partial charge in [-0.1, -0.05) is 6.07 Å². The van der Waals surface area contributed by atoms with Crippen LogP contribution in [0.5, 0.6) is 5.75 Å². The van der Waals surface area contributed by atoms with Crippen LogP contribution in [0.1, 0.15) is 18.9 Å². The van der Waals surface area contributed by atoms with Crippen LogP contribution in [-0.4, -0.2) is 29.8 Å². The number of ether oxygens (including phenoxy) is 1. The minimum atomic E-state index is -0.0175. The van der Waals surface area contributed by atoms with Gasteiger partial charge in [0, 0.05) is 6.54 Å². The second kappa shape index (κ2) is 5.01. The van der Waals surface area contributed by atoms with Crippen LogP contribution < -0.4 is 15.6 Å². The van der Waals surface area contributed by atoms with Gasteiger partial charge in [0.1, 0.15) is 11.1 Å². The van der Waals surface area contributed by atoms with Crippen molar-refractivity contribution in [1.82, 2.24) is 14.9 Å². The highest BCUT2D eigenvalue weighted by molar-refractivity contribution is 5.83. The molecule has 0 bridgehead atoms. The molecule has 1 saturated heterocycles. The van der Waals surface area contributed by atoms with Gasteiger partial charge >= 0.3 is 0 Å². The van der Waals surface area contributed by atoms with E-state index in [0.29, 0.717) is 16.7 Å². The summed E-state index contributed by atoms with van der Waals surface area (Å²) in [7, 11) is 1.58. The summed E-state index contributed by atoms with van der Waals surface area (Å²) in [6, 6.07) is 5.67. The van der Waals surface area contributed by atoms with Gasteiger partial charge in [0.2, 0.25) is 0 Å². The number of nitrogens with one attached hydrogen (secondary N) is 1. The fourth-order valence-electron chi connectivity index (χ4n) is 2.65. The molecular weight excluding hydrogens is 242 g/mol. The second-order valence-electron chi connectivity index (χ2n) is 4.81. The van der Waals surface area contributed by atoms with Crippen molar-refractivity contribution in [3.8, 4) is 5.75 Å². The molecule has 0 spiro atoms. The lowest BCUT2D eigenvalue weighted by Gasteiger charge is -2.24. The van der Waals surface area contributed by atoms with Crippen LogP contribution >= 0.6 is 0 Å². The predicted octanol–water partition coefficient (Wildman–Crippen LogP) is 1.33. The second-order valence-corrected chi connectivity index (χ2v) is 4.81. The van der Waals surface area contributed by atoms with Crippen molar-refractivity contribution in [3.63, 3.8) is 0 Å². The van der Waals surface area contributed by atoms with E-state index in [1.807, 2.05) is 12.1 Å². The molecule has 0 aliphatic carbocycles. The van der Waals surface area contributed by atoms with E-state index in [-0.39, 0.29) is 11.6 Å². The SMILES string of the molecule is COc1cccc2ncn(C3CCCNC3)c(=O)c12. The zero-order valence-electron chi connectivity index (χ0n) is 10.9. The summed E-state index contributed by atoms with van der Waals surface area (Å²) in [5, 5.41) is 3.89. The minimum absolute atomic E-state index is 0.0175. The van der Waals surface area contributed by atoms with E-state index in [1.54, 1.807) is 24.1 Å². The van der Waals surface area contributed by atoms with E-state index in [9.17, 15) is 4.79 Å². The summed E-state index contributed by atoms with van der Waals surface area (Å²) in [4.78, 5) is 17.0. The summed E-state index contributed by atoms with van der Waals surface area (Å²) in [5.74, 6) is 0.591. The Labute approximate surface area is 111 Å². The Morgan fingerprint density at radius 1 is 1.47 bits per heavy atom. The van der Waals surface area contributed by atoms with E-state index >= 15 is 0 Å². The molecule has 1 aliphatic rings. The zero-order chi connectivity index (χ0) is 13.2. The molecule has 100 valence electrons. The summed E-state index contributed by atoms with van der Waals surface area (Å²) in [5.41, 5.74) is 0.667. The van der Waals surface area contributed by atoms with Gasteiger partial charge < -0.3 is 10.1 Å². The van der Waals surface area contributed by atoms with Crippen LogP contribution in [0.15, 0.2) is 29.3 Å². The molecule has 19 heavy (non-hydrogen) atoms. The van der Waals surface area contributed by atoms with E-state index in [0.717, 1.165) is 25.9 Å². The number of benzene rings is 1. The lowest BCUT2D eigenvalue weighted by atomic mass is 10.1. The molecular formula is C14H17N3O2. The maximum Gasteiger partial charge on any atom is 0.265 e. The maximum atomic E-state index is 12.6. The Morgan fingerprint density at radius 3 is 3.11 bits per heavy atom. The molecule has 5 heteroatoms. The van der Waals surface area contributed by atoms with Crippen LogP contribution in [0.25, 0.3) is 10.9 Å². The van der Waals surface area contributed by atoms with Crippen molar-refractivity contribution in [2.75, 3.05) is 20.2 Å². The van der Waals surface area contributed by atoms with Crippen molar-refractivity contribution in [2.24, 2.45) is 0 Å². The maximum absolute atomic E-state index is 12.6. The first-order chi connectivity index (χ1) is 9.31. The third-order valence-corrected chi connectivity index (χ3v) is 3.66. The molecule has 1 aromatic carbocycles. The number of rotatable bonds is 2. The highest BCUT2D eigenvalue weighted by atomic mass is 16.5.